The van der Waals surface area contributed by atoms with E-state index in [0.29, 0.717) is 5.69 Å². The Hall–Kier alpha value is -4.12. The van der Waals surface area contributed by atoms with Gasteiger partial charge in [-0.05, 0) is 58.7 Å². The van der Waals surface area contributed by atoms with E-state index in [1.54, 1.807) is 14.2 Å². The zero-order valence-corrected chi connectivity index (χ0v) is 19.5. The molecular weight excluding hydrogens is 438 g/mol. The summed E-state index contributed by atoms with van der Waals surface area (Å²) in [4.78, 5) is 28.6. The highest BCUT2D eigenvalue weighted by Gasteiger charge is 2.62. The predicted octanol–water partition coefficient (Wildman–Crippen LogP) is 5.13. The lowest BCUT2D eigenvalue weighted by atomic mass is 9.85. The van der Waals surface area contributed by atoms with E-state index in [2.05, 4.69) is 12.2 Å². The Morgan fingerprint density at radius 2 is 1.11 bits per heavy atom. The molecule has 4 atom stereocenters. The molecule has 0 spiro atoms. The number of allylic oxidation sites excluding steroid dienone is 3. The topological polar surface area (TPSA) is 55.8 Å². The number of methoxy groups -OCH3 is 2. The molecule has 6 rings (SSSR count). The number of benzene rings is 3. The molecule has 1 heterocycles. The number of carbonyl (C=O) groups is 2. The fourth-order valence-corrected chi connectivity index (χ4v) is 5.94. The molecule has 2 amide bonds. The number of amides is 2. The molecule has 2 bridgehead atoms. The Kier molecular flexibility index (Phi) is 5.06. The van der Waals surface area contributed by atoms with Crippen molar-refractivity contribution >= 4 is 23.1 Å². The van der Waals surface area contributed by atoms with Crippen LogP contribution in [0.4, 0.5) is 5.69 Å². The zero-order valence-electron chi connectivity index (χ0n) is 19.5. The molecule has 35 heavy (non-hydrogen) atoms. The van der Waals surface area contributed by atoms with Crippen LogP contribution in [0.15, 0.2) is 96.6 Å². The van der Waals surface area contributed by atoms with E-state index >= 15 is 0 Å². The highest BCUT2D eigenvalue weighted by Crippen LogP contribution is 2.58. The van der Waals surface area contributed by atoms with E-state index in [4.69, 9.17) is 9.47 Å². The average molecular weight is 464 g/mol. The zero-order chi connectivity index (χ0) is 24.1. The third kappa shape index (κ3) is 3.22. The number of carbonyl (C=O) groups excluding carboxylic acids is 2. The molecule has 0 unspecified atom stereocenters. The lowest BCUT2D eigenvalue weighted by Gasteiger charge is -2.22. The molecular formula is C30H25NO4. The summed E-state index contributed by atoms with van der Waals surface area (Å²) in [7, 11) is 3.30. The molecule has 2 aliphatic carbocycles. The van der Waals surface area contributed by atoms with Crippen LogP contribution in [0.2, 0.25) is 0 Å². The van der Waals surface area contributed by atoms with Gasteiger partial charge in [0.2, 0.25) is 11.8 Å². The van der Waals surface area contributed by atoms with Crippen LogP contribution in [0.5, 0.6) is 11.5 Å². The fourth-order valence-electron chi connectivity index (χ4n) is 5.94. The minimum Gasteiger partial charge on any atom is -0.497 e. The van der Waals surface area contributed by atoms with Gasteiger partial charge in [-0.2, -0.15) is 0 Å². The van der Waals surface area contributed by atoms with Crippen LogP contribution in [-0.2, 0) is 9.59 Å². The molecule has 5 heteroatoms. The van der Waals surface area contributed by atoms with Crippen LogP contribution in [-0.4, -0.2) is 26.0 Å². The number of imide groups is 1. The van der Waals surface area contributed by atoms with Gasteiger partial charge in [0.05, 0.1) is 31.7 Å². The number of para-hydroxylation sites is 1. The summed E-state index contributed by atoms with van der Waals surface area (Å²) >= 11 is 0. The maximum Gasteiger partial charge on any atom is 0.238 e. The standard InChI is InChI=1S/C30H25NO4/c1-34-21-12-8-18(9-13-21)25(19-10-14-22(35-2)15-11-19)26-23-16-17-24(26)28-27(23)29(32)31(30(28)33)20-6-4-3-5-7-20/h3-17,23-24,27-28H,1-2H3/t23-,24-,27+,28+/m1/s1. The second kappa shape index (κ2) is 8.27. The minimum absolute atomic E-state index is 0.107. The fraction of sp³-hybridized carbons (Fsp3) is 0.200. The van der Waals surface area contributed by atoms with Gasteiger partial charge in [-0.1, -0.05) is 54.6 Å². The van der Waals surface area contributed by atoms with Crippen LogP contribution >= 0.6 is 0 Å². The van der Waals surface area contributed by atoms with E-state index in [1.807, 2.05) is 78.9 Å². The summed E-state index contributed by atoms with van der Waals surface area (Å²) in [5, 5.41) is 0. The molecule has 3 aromatic carbocycles. The van der Waals surface area contributed by atoms with Crippen molar-refractivity contribution in [3.05, 3.63) is 108 Å². The van der Waals surface area contributed by atoms with Crippen molar-refractivity contribution < 1.29 is 19.1 Å². The molecule has 2 fully saturated rings. The van der Waals surface area contributed by atoms with Gasteiger partial charge in [0.1, 0.15) is 11.5 Å². The first-order valence-corrected chi connectivity index (χ1v) is 11.8. The lowest BCUT2D eigenvalue weighted by molar-refractivity contribution is -0.122. The van der Waals surface area contributed by atoms with Crippen molar-refractivity contribution in [1.29, 1.82) is 0 Å². The van der Waals surface area contributed by atoms with Crippen molar-refractivity contribution in [3.8, 4) is 11.5 Å². The van der Waals surface area contributed by atoms with Gasteiger partial charge in [0.25, 0.3) is 0 Å². The smallest absolute Gasteiger partial charge is 0.238 e. The predicted molar refractivity (Wildman–Crippen MR) is 134 cm³/mol. The van der Waals surface area contributed by atoms with Gasteiger partial charge in [-0.15, -0.1) is 0 Å². The Morgan fingerprint density at radius 1 is 0.657 bits per heavy atom. The van der Waals surface area contributed by atoms with Crippen LogP contribution in [0.1, 0.15) is 11.1 Å². The Balaban J connectivity index is 1.48. The van der Waals surface area contributed by atoms with Gasteiger partial charge in [-0.3, -0.25) is 9.59 Å². The van der Waals surface area contributed by atoms with Crippen LogP contribution in [0, 0.1) is 23.7 Å². The number of fused-ring (bicyclic) bond motifs is 5. The lowest BCUT2D eigenvalue weighted by Crippen LogP contribution is -2.33. The van der Waals surface area contributed by atoms with Crippen LogP contribution in [0.3, 0.4) is 0 Å². The van der Waals surface area contributed by atoms with Gasteiger partial charge < -0.3 is 9.47 Å². The highest BCUT2D eigenvalue weighted by atomic mass is 16.5. The quantitative estimate of drug-likeness (QED) is 0.389. The maximum atomic E-state index is 13.6. The SMILES string of the molecule is COc1ccc(C(=C2[C@H]3C=C[C@H]2[C@@H]2C(=O)N(c4ccccc4)C(=O)[C@H]23)c2ccc(OC)cc2)cc1. The average Bonchev–Trinajstić information content (AvgIpc) is 3.54. The molecule has 1 saturated carbocycles. The van der Waals surface area contributed by atoms with Crippen molar-refractivity contribution in [2.24, 2.45) is 23.7 Å². The minimum atomic E-state index is -0.376. The number of nitrogens with zero attached hydrogens (tertiary/aromatic N) is 1. The largest absolute Gasteiger partial charge is 0.497 e. The number of hydrogen-bond acceptors (Lipinski definition) is 4. The third-order valence-corrected chi connectivity index (χ3v) is 7.48. The van der Waals surface area contributed by atoms with Crippen molar-refractivity contribution in [2.75, 3.05) is 19.1 Å². The van der Waals surface area contributed by atoms with E-state index < -0.39 is 0 Å². The van der Waals surface area contributed by atoms with Crippen molar-refractivity contribution in [1.82, 2.24) is 0 Å². The second-order valence-corrected chi connectivity index (χ2v) is 9.12. The van der Waals surface area contributed by atoms with Crippen LogP contribution < -0.4 is 14.4 Å². The first-order valence-electron chi connectivity index (χ1n) is 11.8. The van der Waals surface area contributed by atoms with Crippen molar-refractivity contribution in [2.45, 2.75) is 0 Å². The highest BCUT2D eigenvalue weighted by molar-refractivity contribution is 6.23. The summed E-state index contributed by atoms with van der Waals surface area (Å²) in [6.45, 7) is 0. The van der Waals surface area contributed by atoms with Gasteiger partial charge in [0, 0.05) is 11.8 Å². The van der Waals surface area contributed by atoms with E-state index in [1.165, 1.54) is 4.90 Å². The normalized spacial score (nSPS) is 24.2. The monoisotopic (exact) mass is 463 g/mol. The molecule has 3 aliphatic rings. The summed E-state index contributed by atoms with van der Waals surface area (Å²) in [6, 6.07) is 25.2. The first kappa shape index (κ1) is 21.4. The Bertz CT molecular complexity index is 1270. The van der Waals surface area contributed by atoms with Gasteiger partial charge >= 0.3 is 0 Å². The molecule has 0 N–H and O–H groups in total. The Morgan fingerprint density at radius 3 is 1.54 bits per heavy atom. The Labute approximate surface area is 204 Å². The number of rotatable bonds is 5. The van der Waals surface area contributed by atoms with E-state index in [0.717, 1.165) is 33.8 Å². The summed E-state index contributed by atoms with van der Waals surface area (Å²) < 4.78 is 10.7. The summed E-state index contributed by atoms with van der Waals surface area (Å²) in [6.07, 6.45) is 4.24. The van der Waals surface area contributed by atoms with E-state index in [-0.39, 0.29) is 35.5 Å². The maximum absolute atomic E-state index is 13.6. The number of hydrogen-bond donors (Lipinski definition) is 0. The van der Waals surface area contributed by atoms with E-state index in [9.17, 15) is 9.59 Å². The van der Waals surface area contributed by atoms with Crippen molar-refractivity contribution in [3.63, 3.8) is 0 Å². The van der Waals surface area contributed by atoms with Gasteiger partial charge in [0.15, 0.2) is 0 Å². The van der Waals surface area contributed by atoms with Crippen LogP contribution in [0.25, 0.3) is 5.57 Å². The molecule has 0 radical (unpaired) electrons. The first-order chi connectivity index (χ1) is 17.1. The molecule has 3 aromatic rings. The molecule has 174 valence electrons. The number of ether oxygens (including phenoxy) is 2. The summed E-state index contributed by atoms with van der Waals surface area (Å²) in [5.41, 5.74) is 4.92. The number of anilines is 1. The summed E-state index contributed by atoms with van der Waals surface area (Å²) in [5.74, 6) is 0.359. The molecule has 5 nitrogen and oxygen atoms in total. The third-order valence-electron chi connectivity index (χ3n) is 7.48. The molecule has 1 aliphatic heterocycles. The molecule has 0 aromatic heterocycles. The molecule has 1 saturated heterocycles. The second-order valence-electron chi connectivity index (χ2n) is 9.12. The van der Waals surface area contributed by atoms with Gasteiger partial charge in [-0.25, -0.2) is 4.90 Å².